The van der Waals surface area contributed by atoms with Crippen molar-refractivity contribution < 1.29 is 14.7 Å². The Morgan fingerprint density at radius 3 is 2.44 bits per heavy atom. The lowest BCUT2D eigenvalue weighted by Gasteiger charge is -2.29. The Labute approximate surface area is 94.6 Å². The lowest BCUT2D eigenvalue weighted by molar-refractivity contribution is -0.142. The molecular weight excluding hydrogens is 206 g/mol. The number of piperidine rings is 1. The molecule has 0 aromatic rings. The van der Waals surface area contributed by atoms with Gasteiger partial charge in [-0.05, 0) is 31.6 Å². The van der Waals surface area contributed by atoms with Crippen LogP contribution in [-0.2, 0) is 9.59 Å². The van der Waals surface area contributed by atoms with E-state index in [4.69, 9.17) is 0 Å². The number of imide groups is 1. The lowest BCUT2D eigenvalue weighted by Crippen LogP contribution is -2.39. The van der Waals surface area contributed by atoms with Gasteiger partial charge in [0.2, 0.25) is 11.8 Å². The third kappa shape index (κ3) is 1.56. The lowest BCUT2D eigenvalue weighted by atomic mass is 9.87. The predicted octanol–water partition coefficient (Wildman–Crippen LogP) is 0.542. The van der Waals surface area contributed by atoms with Crippen molar-refractivity contribution in [2.75, 3.05) is 6.54 Å². The van der Waals surface area contributed by atoms with E-state index in [9.17, 15) is 14.7 Å². The molecule has 0 bridgehead atoms. The standard InChI is InChI=1S/C12H17NO3/c14-8-3-1-2-7(4-8)6-13-11(15)9-5-10(9)12(13)16/h7-10,14H,1-6H2. The highest BCUT2D eigenvalue weighted by Gasteiger charge is 2.58. The van der Waals surface area contributed by atoms with Gasteiger partial charge in [0.05, 0.1) is 17.9 Å². The van der Waals surface area contributed by atoms with Crippen molar-refractivity contribution in [2.24, 2.45) is 17.8 Å². The maximum atomic E-state index is 11.8. The van der Waals surface area contributed by atoms with Gasteiger partial charge in [-0.1, -0.05) is 6.42 Å². The number of hydrogen-bond acceptors (Lipinski definition) is 3. The van der Waals surface area contributed by atoms with Crippen LogP contribution in [-0.4, -0.2) is 34.5 Å². The van der Waals surface area contributed by atoms with Crippen LogP contribution >= 0.6 is 0 Å². The summed E-state index contributed by atoms with van der Waals surface area (Å²) in [5.74, 6) is 0.418. The molecule has 1 heterocycles. The van der Waals surface area contributed by atoms with Crippen LogP contribution in [0.2, 0.25) is 0 Å². The van der Waals surface area contributed by atoms with Crippen LogP contribution in [0.25, 0.3) is 0 Å². The van der Waals surface area contributed by atoms with E-state index in [1.54, 1.807) is 0 Å². The van der Waals surface area contributed by atoms with E-state index in [0.717, 1.165) is 32.1 Å². The highest BCUT2D eigenvalue weighted by molar-refractivity contribution is 6.08. The number of likely N-dealkylation sites (tertiary alicyclic amines) is 1. The van der Waals surface area contributed by atoms with E-state index in [1.807, 2.05) is 0 Å². The Morgan fingerprint density at radius 2 is 1.81 bits per heavy atom. The van der Waals surface area contributed by atoms with Gasteiger partial charge < -0.3 is 5.11 Å². The summed E-state index contributed by atoms with van der Waals surface area (Å²) in [6.45, 7) is 0.543. The Kier molecular flexibility index (Phi) is 2.28. The molecule has 2 aliphatic carbocycles. The Balaban J connectivity index is 1.62. The summed E-state index contributed by atoms with van der Waals surface area (Å²) < 4.78 is 0. The molecule has 0 aromatic heterocycles. The number of fused-ring (bicyclic) bond motifs is 1. The van der Waals surface area contributed by atoms with Crippen LogP contribution in [0.3, 0.4) is 0 Å². The summed E-state index contributed by atoms with van der Waals surface area (Å²) in [6.07, 6.45) is 4.19. The number of aliphatic hydroxyl groups excluding tert-OH is 1. The van der Waals surface area contributed by atoms with Crippen molar-refractivity contribution in [1.29, 1.82) is 0 Å². The summed E-state index contributed by atoms with van der Waals surface area (Å²) in [6, 6.07) is 0. The molecule has 4 nitrogen and oxygen atoms in total. The molecule has 3 rings (SSSR count). The highest BCUT2D eigenvalue weighted by atomic mass is 16.3. The number of nitrogens with zero attached hydrogens (tertiary/aromatic N) is 1. The van der Waals surface area contributed by atoms with Gasteiger partial charge in [0, 0.05) is 6.54 Å². The molecule has 2 amide bonds. The summed E-state index contributed by atoms with van der Waals surface area (Å²) in [5.41, 5.74) is 0. The van der Waals surface area contributed by atoms with Crippen LogP contribution in [0.4, 0.5) is 0 Å². The van der Waals surface area contributed by atoms with E-state index in [1.165, 1.54) is 4.90 Å². The molecule has 88 valence electrons. The summed E-state index contributed by atoms with van der Waals surface area (Å²) >= 11 is 0. The Bertz CT molecular complexity index is 321. The van der Waals surface area contributed by atoms with Gasteiger partial charge in [-0.15, -0.1) is 0 Å². The first-order chi connectivity index (χ1) is 7.66. The molecule has 4 heteroatoms. The average Bonchev–Trinajstić information content (AvgIpc) is 2.99. The molecule has 0 spiro atoms. The van der Waals surface area contributed by atoms with Gasteiger partial charge in [0.25, 0.3) is 0 Å². The van der Waals surface area contributed by atoms with E-state index in [0.29, 0.717) is 12.5 Å². The van der Waals surface area contributed by atoms with Crippen LogP contribution < -0.4 is 0 Å². The van der Waals surface area contributed by atoms with Gasteiger partial charge in [0.1, 0.15) is 0 Å². The van der Waals surface area contributed by atoms with Gasteiger partial charge in [-0.25, -0.2) is 0 Å². The molecule has 2 saturated carbocycles. The zero-order valence-corrected chi connectivity index (χ0v) is 9.26. The van der Waals surface area contributed by atoms with E-state index in [2.05, 4.69) is 0 Å². The Morgan fingerprint density at radius 1 is 1.12 bits per heavy atom. The number of carbonyl (C=O) groups is 2. The molecule has 0 radical (unpaired) electrons. The van der Waals surface area contributed by atoms with Crippen LogP contribution in [0.1, 0.15) is 32.1 Å². The average molecular weight is 223 g/mol. The van der Waals surface area contributed by atoms with Gasteiger partial charge in [-0.2, -0.15) is 0 Å². The molecule has 4 unspecified atom stereocenters. The Hall–Kier alpha value is -0.900. The van der Waals surface area contributed by atoms with Crippen molar-refractivity contribution in [1.82, 2.24) is 4.90 Å². The van der Waals surface area contributed by atoms with Crippen LogP contribution in [0, 0.1) is 17.8 Å². The third-order valence-corrected chi connectivity index (χ3v) is 4.15. The molecule has 4 atom stereocenters. The number of hydrogen-bond donors (Lipinski definition) is 1. The van der Waals surface area contributed by atoms with E-state index < -0.39 is 0 Å². The molecular formula is C12H17NO3. The first-order valence-corrected chi connectivity index (χ1v) is 6.20. The smallest absolute Gasteiger partial charge is 0.233 e. The zero-order valence-electron chi connectivity index (χ0n) is 9.26. The second-order valence-electron chi connectivity index (χ2n) is 5.42. The molecule has 1 N–H and O–H groups in total. The summed E-state index contributed by atoms with van der Waals surface area (Å²) in [7, 11) is 0. The van der Waals surface area contributed by atoms with Crippen molar-refractivity contribution in [3.8, 4) is 0 Å². The highest BCUT2D eigenvalue weighted by Crippen LogP contribution is 2.47. The number of rotatable bonds is 2. The second kappa shape index (κ2) is 3.55. The minimum Gasteiger partial charge on any atom is -0.393 e. The fraction of sp³-hybridized carbons (Fsp3) is 0.833. The quantitative estimate of drug-likeness (QED) is 0.695. The minimum atomic E-state index is -0.235. The second-order valence-corrected chi connectivity index (χ2v) is 5.42. The number of amides is 2. The van der Waals surface area contributed by atoms with Crippen LogP contribution in [0.5, 0.6) is 0 Å². The van der Waals surface area contributed by atoms with Crippen molar-refractivity contribution in [2.45, 2.75) is 38.2 Å². The van der Waals surface area contributed by atoms with Crippen molar-refractivity contribution in [3.63, 3.8) is 0 Å². The zero-order chi connectivity index (χ0) is 11.3. The fourth-order valence-electron chi connectivity index (χ4n) is 3.12. The monoisotopic (exact) mass is 223 g/mol. The topological polar surface area (TPSA) is 57.6 Å². The number of carbonyl (C=O) groups excluding carboxylic acids is 2. The fourth-order valence-corrected chi connectivity index (χ4v) is 3.12. The van der Waals surface area contributed by atoms with Crippen molar-refractivity contribution in [3.05, 3.63) is 0 Å². The minimum absolute atomic E-state index is 0.0148. The first-order valence-electron chi connectivity index (χ1n) is 6.20. The maximum Gasteiger partial charge on any atom is 0.233 e. The summed E-state index contributed by atoms with van der Waals surface area (Å²) in [4.78, 5) is 25.0. The number of aliphatic hydroxyl groups is 1. The van der Waals surface area contributed by atoms with Gasteiger partial charge >= 0.3 is 0 Å². The van der Waals surface area contributed by atoms with Gasteiger partial charge in [-0.3, -0.25) is 14.5 Å². The largest absolute Gasteiger partial charge is 0.393 e. The molecule has 1 aliphatic heterocycles. The molecule has 0 aromatic carbocycles. The molecule has 3 fully saturated rings. The predicted molar refractivity (Wildman–Crippen MR) is 56.3 cm³/mol. The third-order valence-electron chi connectivity index (χ3n) is 4.15. The molecule has 3 aliphatic rings. The molecule has 1 saturated heterocycles. The van der Waals surface area contributed by atoms with E-state index >= 15 is 0 Å². The molecule has 16 heavy (non-hydrogen) atoms. The van der Waals surface area contributed by atoms with Gasteiger partial charge in [0.15, 0.2) is 0 Å². The summed E-state index contributed by atoms with van der Waals surface area (Å²) in [5, 5.41) is 9.56. The maximum absolute atomic E-state index is 11.8. The first kappa shape index (κ1) is 10.3. The normalized spacial score (nSPS) is 42.4. The van der Waals surface area contributed by atoms with Crippen LogP contribution in [0.15, 0.2) is 0 Å². The van der Waals surface area contributed by atoms with E-state index in [-0.39, 0.29) is 29.8 Å². The SMILES string of the molecule is O=C1C2CC2C(=O)N1CC1CCCC(O)C1. The van der Waals surface area contributed by atoms with Crippen molar-refractivity contribution >= 4 is 11.8 Å².